The molecule has 45 heavy (non-hydrogen) atoms. The summed E-state index contributed by atoms with van der Waals surface area (Å²) in [7, 11) is 0. The van der Waals surface area contributed by atoms with Crippen molar-refractivity contribution in [3.05, 3.63) is 131 Å². The normalized spacial score (nSPS) is 14.9. The fourth-order valence-electron chi connectivity index (χ4n) is 6.58. The Labute approximate surface area is 275 Å². The molecule has 1 aliphatic carbocycles. The molecule has 0 spiro atoms. The molecule has 0 fully saturated rings. The Morgan fingerprint density at radius 3 is 2.53 bits per heavy atom. The maximum atomic E-state index is 6.22. The molecular weight excluding hydrogens is 731 g/mol. The molecule has 0 N–H and O–H groups in total. The molecule has 2 aliphatic rings. The first-order valence-electron chi connectivity index (χ1n) is 15.0. The predicted molar refractivity (Wildman–Crippen MR) is 183 cm³/mol. The summed E-state index contributed by atoms with van der Waals surface area (Å²) in [4.78, 5) is 13.2. The molecule has 0 saturated carbocycles. The van der Waals surface area contributed by atoms with Crippen LogP contribution in [0.2, 0.25) is 0 Å². The second kappa shape index (κ2) is 11.7. The summed E-state index contributed by atoms with van der Waals surface area (Å²) in [5.74, 6) is 0. The Morgan fingerprint density at radius 2 is 1.69 bits per heavy atom. The maximum absolute atomic E-state index is 6.22. The molecule has 1 radical (unpaired) electrons. The molecule has 0 saturated heterocycles. The first-order chi connectivity index (χ1) is 21.5. The zero-order chi connectivity index (χ0) is 29.8. The molecule has 221 valence electrons. The van der Waals surface area contributed by atoms with E-state index in [-0.39, 0.29) is 26.1 Å². The molecule has 0 bridgehead atoms. The number of fused-ring (bicyclic) bond motifs is 5. The zero-order valence-corrected chi connectivity index (χ0v) is 27.6. The smallest absolute Gasteiger partial charge is 0.124 e. The first-order valence-corrected chi connectivity index (χ1v) is 15.0. The van der Waals surface area contributed by atoms with E-state index < -0.39 is 0 Å². The Morgan fingerprint density at radius 1 is 0.822 bits per heavy atom. The van der Waals surface area contributed by atoms with Gasteiger partial charge >= 0.3 is 0 Å². The van der Waals surface area contributed by atoms with Crippen LogP contribution in [0.25, 0.3) is 60.8 Å². The second-order valence-corrected chi connectivity index (χ2v) is 11.6. The quantitative estimate of drug-likeness (QED) is 0.165. The van der Waals surface area contributed by atoms with Crippen molar-refractivity contribution in [1.82, 2.24) is 4.98 Å². The Hall–Kier alpha value is -4.70. The number of rotatable bonds is 2. The van der Waals surface area contributed by atoms with E-state index in [2.05, 4.69) is 126 Å². The molecule has 5 aromatic carbocycles. The van der Waals surface area contributed by atoms with Crippen molar-refractivity contribution in [1.29, 1.82) is 0 Å². The Kier molecular flexibility index (Phi) is 7.53. The monoisotopic (exact) mass is 760 g/mol. The van der Waals surface area contributed by atoms with Gasteiger partial charge in [-0.25, -0.2) is 0 Å². The number of aryl methyl sites for hydroxylation is 2. The zero-order valence-electron chi connectivity index (χ0n) is 25.2. The summed E-state index contributed by atoms with van der Waals surface area (Å²) in [6.45, 7) is 6.22. The van der Waals surface area contributed by atoms with Crippen molar-refractivity contribution in [2.24, 2.45) is 9.98 Å². The standard InChI is InChI=1S/C23H15N2O.C17H14N.Ir/c1-13-23(25-12-24-13)16-8-9-17-19(11-16)26-20-10-15-6-2-4-14-5-3-7-18(21(14)15)22(17)20;1-12-9-13(2)11-15(10-12)17-16-6-4-3-5-14(16)7-8-18-17;/h2-3,5-10,12-13H,4H2,1H3;3-10H,1-2H3;/q2*-1;. The predicted octanol–water partition coefficient (Wildman–Crippen LogP) is 9.64. The van der Waals surface area contributed by atoms with Gasteiger partial charge in [-0.1, -0.05) is 79.9 Å². The SMILES string of the molecule is CC1N=CN=C1c1[c-]c2oc3cc4c5c(cccc5c3c2cc1)CC=C4.Cc1[c-]c(-c2nccc3ccccc23)cc(C)c1.[Ir]. The van der Waals surface area contributed by atoms with E-state index >= 15 is 0 Å². The van der Waals surface area contributed by atoms with Crippen LogP contribution in [0.1, 0.15) is 34.7 Å². The maximum Gasteiger partial charge on any atom is 0.124 e. The topological polar surface area (TPSA) is 50.8 Å². The summed E-state index contributed by atoms with van der Waals surface area (Å²) in [5, 5.41) is 7.28. The number of furan rings is 1. The molecule has 4 nitrogen and oxygen atoms in total. The van der Waals surface area contributed by atoms with Crippen molar-refractivity contribution in [3.8, 4) is 11.3 Å². The van der Waals surface area contributed by atoms with Crippen molar-refractivity contribution in [2.45, 2.75) is 33.2 Å². The van der Waals surface area contributed by atoms with Gasteiger partial charge in [0.05, 0.1) is 18.0 Å². The second-order valence-electron chi connectivity index (χ2n) is 11.6. The number of pyridine rings is 1. The van der Waals surface area contributed by atoms with Gasteiger partial charge in [-0.15, -0.1) is 52.6 Å². The van der Waals surface area contributed by atoms with Crippen molar-refractivity contribution in [2.75, 3.05) is 0 Å². The van der Waals surface area contributed by atoms with Gasteiger partial charge in [0, 0.05) is 26.3 Å². The van der Waals surface area contributed by atoms with Crippen LogP contribution >= 0.6 is 0 Å². The van der Waals surface area contributed by atoms with Crippen molar-refractivity contribution < 1.29 is 24.5 Å². The van der Waals surface area contributed by atoms with Crippen LogP contribution < -0.4 is 0 Å². The van der Waals surface area contributed by atoms with E-state index in [0.717, 1.165) is 51.1 Å². The Bertz CT molecular complexity index is 2340. The van der Waals surface area contributed by atoms with E-state index in [0.29, 0.717) is 0 Å². The average Bonchev–Trinajstić information content (AvgIpc) is 3.63. The van der Waals surface area contributed by atoms with Crippen molar-refractivity contribution >= 4 is 61.6 Å². The molecule has 1 atom stereocenters. The minimum absolute atomic E-state index is 0. The summed E-state index contributed by atoms with van der Waals surface area (Å²) in [6, 6.07) is 34.5. The number of aromatic nitrogens is 1. The number of hydrogen-bond acceptors (Lipinski definition) is 4. The van der Waals surface area contributed by atoms with Crippen LogP contribution in [-0.4, -0.2) is 23.1 Å². The number of nitrogens with zero attached hydrogens (tertiary/aromatic N) is 3. The summed E-state index contributed by atoms with van der Waals surface area (Å²) in [5.41, 5.74) is 10.7. The van der Waals surface area contributed by atoms with Crippen LogP contribution in [0.4, 0.5) is 0 Å². The van der Waals surface area contributed by atoms with Gasteiger partial charge in [0.15, 0.2) is 0 Å². The molecule has 0 amide bonds. The van der Waals surface area contributed by atoms with Gasteiger partial charge in [0.25, 0.3) is 0 Å². The van der Waals surface area contributed by atoms with E-state index in [1.54, 1.807) is 6.34 Å². The van der Waals surface area contributed by atoms with Crippen LogP contribution in [0, 0.1) is 26.0 Å². The molecule has 5 heteroatoms. The molecule has 1 aliphatic heterocycles. The van der Waals surface area contributed by atoms with Crippen LogP contribution in [-0.2, 0) is 26.5 Å². The summed E-state index contributed by atoms with van der Waals surface area (Å²) in [6.07, 6.45) is 8.89. The fraction of sp³-hybridized carbons (Fsp3) is 0.125. The van der Waals surface area contributed by atoms with Gasteiger partial charge in [-0.05, 0) is 74.9 Å². The molecule has 2 aromatic heterocycles. The average molecular weight is 760 g/mol. The number of aliphatic imine (C=N–C) groups is 2. The van der Waals surface area contributed by atoms with E-state index in [9.17, 15) is 0 Å². The van der Waals surface area contributed by atoms with Gasteiger partial charge in [-0.3, -0.25) is 9.98 Å². The van der Waals surface area contributed by atoms with Gasteiger partial charge < -0.3 is 9.40 Å². The number of allylic oxidation sites excluding steroid dienone is 1. The molecule has 3 heterocycles. The third-order valence-corrected chi connectivity index (χ3v) is 8.50. The molecular formula is C40H29IrN3O-2. The minimum Gasteiger partial charge on any atom is -0.476 e. The summed E-state index contributed by atoms with van der Waals surface area (Å²) >= 11 is 0. The molecule has 9 rings (SSSR count). The van der Waals surface area contributed by atoms with E-state index in [1.807, 2.05) is 19.2 Å². The van der Waals surface area contributed by atoms with E-state index in [1.165, 1.54) is 43.6 Å². The molecule has 1 unspecified atom stereocenters. The minimum atomic E-state index is 0. The third kappa shape index (κ3) is 5.12. The first kappa shape index (κ1) is 29.0. The van der Waals surface area contributed by atoms with Crippen molar-refractivity contribution in [3.63, 3.8) is 0 Å². The van der Waals surface area contributed by atoms with Gasteiger partial charge in [0.2, 0.25) is 0 Å². The van der Waals surface area contributed by atoms with Crippen LogP contribution in [0.5, 0.6) is 0 Å². The summed E-state index contributed by atoms with van der Waals surface area (Å²) < 4.78 is 6.22. The fourth-order valence-corrected chi connectivity index (χ4v) is 6.58. The third-order valence-electron chi connectivity index (χ3n) is 8.50. The van der Waals surface area contributed by atoms with Crippen LogP contribution in [0.3, 0.4) is 0 Å². The van der Waals surface area contributed by atoms with Gasteiger partial charge in [-0.2, -0.15) is 0 Å². The van der Waals surface area contributed by atoms with E-state index in [4.69, 9.17) is 4.42 Å². The van der Waals surface area contributed by atoms with Gasteiger partial charge in [0.1, 0.15) is 5.58 Å². The number of benzene rings is 5. The van der Waals surface area contributed by atoms with Crippen LogP contribution in [0.15, 0.2) is 106 Å². The number of hydrogen-bond donors (Lipinski definition) is 0. The largest absolute Gasteiger partial charge is 0.476 e. The Balaban J connectivity index is 0.000000151. The molecule has 7 aromatic rings.